The van der Waals surface area contributed by atoms with Gasteiger partial charge in [0.05, 0.1) is 21.5 Å². The maximum absolute atomic E-state index is 12.5. The molecular weight excluding hydrogens is 509 g/mol. The summed E-state index contributed by atoms with van der Waals surface area (Å²) in [7, 11) is 0. The van der Waals surface area contributed by atoms with Gasteiger partial charge in [0.25, 0.3) is 5.91 Å². The maximum atomic E-state index is 12.5. The number of amides is 2. The van der Waals surface area contributed by atoms with E-state index in [9.17, 15) is 9.59 Å². The minimum atomic E-state index is -0.176. The van der Waals surface area contributed by atoms with Crippen molar-refractivity contribution in [2.24, 2.45) is 0 Å². The summed E-state index contributed by atoms with van der Waals surface area (Å²) >= 11 is 14.8. The van der Waals surface area contributed by atoms with Crippen LogP contribution >= 0.6 is 46.3 Å². The third-order valence-corrected chi connectivity index (χ3v) is 7.20. The van der Waals surface area contributed by atoms with Crippen molar-refractivity contribution in [3.05, 3.63) is 93.3 Å². The highest BCUT2D eigenvalue weighted by atomic mass is 35.5. The average Bonchev–Trinajstić information content (AvgIpc) is 3.28. The van der Waals surface area contributed by atoms with Crippen molar-refractivity contribution in [3.8, 4) is 11.3 Å². The summed E-state index contributed by atoms with van der Waals surface area (Å²) in [6, 6.07) is 20.1. The van der Waals surface area contributed by atoms with Crippen molar-refractivity contribution in [2.75, 3.05) is 16.4 Å². The van der Waals surface area contributed by atoms with E-state index in [1.54, 1.807) is 18.2 Å². The van der Waals surface area contributed by atoms with Gasteiger partial charge < -0.3 is 10.6 Å². The lowest BCUT2D eigenvalue weighted by atomic mass is 10.1. The van der Waals surface area contributed by atoms with Crippen molar-refractivity contribution < 1.29 is 9.59 Å². The first-order valence-corrected chi connectivity index (χ1v) is 12.8. The molecule has 0 aliphatic heterocycles. The molecule has 2 amide bonds. The van der Waals surface area contributed by atoms with Crippen molar-refractivity contribution in [1.82, 2.24) is 4.98 Å². The Balaban J connectivity index is 1.32. The number of thioether (sulfide) groups is 1. The van der Waals surface area contributed by atoms with Gasteiger partial charge in [-0.1, -0.05) is 53.0 Å². The third-order valence-electron chi connectivity index (χ3n) is 4.71. The van der Waals surface area contributed by atoms with Crippen LogP contribution in [-0.4, -0.2) is 22.6 Å². The second kappa shape index (κ2) is 11.1. The number of rotatable bonds is 7. The van der Waals surface area contributed by atoms with Crippen LogP contribution in [0.3, 0.4) is 0 Å². The van der Waals surface area contributed by atoms with Gasteiger partial charge >= 0.3 is 0 Å². The van der Waals surface area contributed by atoms with E-state index in [0.29, 0.717) is 32.1 Å². The maximum Gasteiger partial charge on any atom is 0.255 e. The Morgan fingerprint density at radius 3 is 2.59 bits per heavy atom. The van der Waals surface area contributed by atoms with Crippen molar-refractivity contribution in [3.63, 3.8) is 0 Å². The molecule has 2 N–H and O–H groups in total. The monoisotopic (exact) mass is 527 g/mol. The Kier molecular flexibility index (Phi) is 7.90. The summed E-state index contributed by atoms with van der Waals surface area (Å²) in [6.07, 6.45) is 0. The van der Waals surface area contributed by atoms with E-state index in [1.807, 2.05) is 60.8 Å². The number of carbonyl (C=O) groups excluding carboxylic acids is 2. The molecule has 3 aromatic carbocycles. The van der Waals surface area contributed by atoms with E-state index < -0.39 is 0 Å². The molecule has 0 atom stereocenters. The molecule has 5 nitrogen and oxygen atoms in total. The van der Waals surface area contributed by atoms with Crippen LogP contribution in [0.15, 0.2) is 77.0 Å². The van der Waals surface area contributed by atoms with Crippen LogP contribution in [0.1, 0.15) is 15.9 Å². The van der Waals surface area contributed by atoms with Gasteiger partial charge in [-0.25, -0.2) is 4.98 Å². The lowest BCUT2D eigenvalue weighted by Gasteiger charge is -2.08. The number of nitrogens with zero attached hydrogens (tertiary/aromatic N) is 1. The number of thiazole rings is 1. The topological polar surface area (TPSA) is 71.1 Å². The van der Waals surface area contributed by atoms with Gasteiger partial charge in [-0.05, 0) is 49.4 Å². The number of hydrogen-bond acceptors (Lipinski definition) is 5. The van der Waals surface area contributed by atoms with E-state index in [-0.39, 0.29) is 17.6 Å². The summed E-state index contributed by atoms with van der Waals surface area (Å²) < 4.78 is 0. The summed E-state index contributed by atoms with van der Waals surface area (Å²) in [4.78, 5) is 30.2. The smallest absolute Gasteiger partial charge is 0.255 e. The highest BCUT2D eigenvalue weighted by molar-refractivity contribution is 8.00. The molecule has 0 aliphatic rings. The molecule has 34 heavy (non-hydrogen) atoms. The first-order valence-electron chi connectivity index (χ1n) is 10.2. The van der Waals surface area contributed by atoms with Crippen LogP contribution in [0.4, 0.5) is 10.8 Å². The molecule has 9 heteroatoms. The quantitative estimate of drug-likeness (QED) is 0.245. The number of halogens is 2. The van der Waals surface area contributed by atoms with Crippen LogP contribution in [0.25, 0.3) is 11.3 Å². The zero-order valence-electron chi connectivity index (χ0n) is 18.0. The third kappa shape index (κ3) is 6.39. The Bertz CT molecular complexity index is 1360. The molecule has 0 bridgehead atoms. The van der Waals surface area contributed by atoms with E-state index >= 15 is 0 Å². The standard InChI is InChI=1S/C25H19Cl2N3O2S2/c1-15-4-2-5-17(10-15)24(32)28-18-6-3-7-19(12-18)33-14-23(31)30-25-29-22(13-34-25)16-8-9-20(26)21(27)11-16/h2-13H,14H2,1H3,(H,28,32)(H,29,30,31). The van der Waals surface area contributed by atoms with Crippen LogP contribution in [-0.2, 0) is 4.79 Å². The molecule has 0 spiro atoms. The number of carbonyl (C=O) groups is 2. The molecule has 4 rings (SSSR count). The molecule has 1 heterocycles. The number of hydrogen-bond donors (Lipinski definition) is 2. The lowest BCUT2D eigenvalue weighted by molar-refractivity contribution is -0.113. The van der Waals surface area contributed by atoms with Gasteiger partial charge in [0, 0.05) is 27.1 Å². The number of nitrogens with one attached hydrogen (secondary N) is 2. The first kappa shape index (κ1) is 24.3. The fraction of sp³-hybridized carbons (Fsp3) is 0.0800. The van der Waals surface area contributed by atoms with Gasteiger partial charge in [0.2, 0.25) is 5.91 Å². The summed E-state index contributed by atoms with van der Waals surface area (Å²) in [5, 5.41) is 9.00. The van der Waals surface area contributed by atoms with E-state index in [1.165, 1.54) is 23.1 Å². The zero-order valence-corrected chi connectivity index (χ0v) is 21.1. The Hall–Kier alpha value is -2.84. The van der Waals surface area contributed by atoms with Gasteiger partial charge in [0.15, 0.2) is 5.13 Å². The summed E-state index contributed by atoms with van der Waals surface area (Å²) in [5.41, 5.74) is 3.82. The second-order valence-corrected chi connectivity index (χ2v) is 10.1. The first-order chi connectivity index (χ1) is 16.4. The lowest BCUT2D eigenvalue weighted by Crippen LogP contribution is -2.14. The molecule has 0 saturated carbocycles. The number of aromatic nitrogens is 1. The number of anilines is 2. The predicted octanol–water partition coefficient (Wildman–Crippen LogP) is 7.41. The molecule has 0 aliphatic carbocycles. The molecule has 4 aromatic rings. The highest BCUT2D eigenvalue weighted by Gasteiger charge is 2.11. The summed E-state index contributed by atoms with van der Waals surface area (Å²) in [6.45, 7) is 1.94. The van der Waals surface area contributed by atoms with Gasteiger partial charge in [-0.3, -0.25) is 9.59 Å². The largest absolute Gasteiger partial charge is 0.322 e. The number of benzene rings is 3. The van der Waals surface area contributed by atoms with Gasteiger partial charge in [-0.15, -0.1) is 23.1 Å². The fourth-order valence-electron chi connectivity index (χ4n) is 3.08. The van der Waals surface area contributed by atoms with Crippen molar-refractivity contribution >= 4 is 68.9 Å². The van der Waals surface area contributed by atoms with Crippen LogP contribution in [0, 0.1) is 6.92 Å². The SMILES string of the molecule is Cc1cccc(C(=O)Nc2cccc(SCC(=O)Nc3nc(-c4ccc(Cl)c(Cl)c4)cs3)c2)c1. The van der Waals surface area contributed by atoms with Crippen LogP contribution < -0.4 is 10.6 Å². The molecule has 0 fully saturated rings. The van der Waals surface area contributed by atoms with E-state index in [2.05, 4.69) is 15.6 Å². The molecular formula is C25H19Cl2N3O2S2. The highest BCUT2D eigenvalue weighted by Crippen LogP contribution is 2.30. The van der Waals surface area contributed by atoms with E-state index in [0.717, 1.165) is 16.0 Å². The van der Waals surface area contributed by atoms with Gasteiger partial charge in [-0.2, -0.15) is 0 Å². The van der Waals surface area contributed by atoms with E-state index in [4.69, 9.17) is 23.2 Å². The minimum absolute atomic E-state index is 0.172. The fourth-order valence-corrected chi connectivity index (χ4v) is 4.87. The molecule has 0 saturated heterocycles. The average molecular weight is 528 g/mol. The van der Waals surface area contributed by atoms with Crippen LogP contribution in [0.5, 0.6) is 0 Å². The zero-order chi connectivity index (χ0) is 24.1. The van der Waals surface area contributed by atoms with Crippen LogP contribution in [0.2, 0.25) is 10.0 Å². The molecule has 172 valence electrons. The summed E-state index contributed by atoms with van der Waals surface area (Å²) in [5.74, 6) is -0.142. The minimum Gasteiger partial charge on any atom is -0.322 e. The van der Waals surface area contributed by atoms with Crippen molar-refractivity contribution in [2.45, 2.75) is 11.8 Å². The molecule has 1 aromatic heterocycles. The normalized spacial score (nSPS) is 10.7. The second-order valence-electron chi connectivity index (χ2n) is 7.36. The molecule has 0 radical (unpaired) electrons. The van der Waals surface area contributed by atoms with Crippen molar-refractivity contribution in [1.29, 1.82) is 0 Å². The molecule has 0 unspecified atom stereocenters. The van der Waals surface area contributed by atoms with Gasteiger partial charge in [0.1, 0.15) is 0 Å². The Morgan fingerprint density at radius 2 is 1.79 bits per heavy atom. The predicted molar refractivity (Wildman–Crippen MR) is 142 cm³/mol. The number of aryl methyl sites for hydroxylation is 1. The Morgan fingerprint density at radius 1 is 0.971 bits per heavy atom. The Labute approximate surface area is 215 Å².